The van der Waals surface area contributed by atoms with E-state index < -0.39 is 5.97 Å². The van der Waals surface area contributed by atoms with Gasteiger partial charge in [-0.2, -0.15) is 4.98 Å². The molecule has 1 N–H and O–H groups in total. The number of thioether (sulfide) groups is 1. The lowest BCUT2D eigenvalue weighted by atomic mass is 9.97. The summed E-state index contributed by atoms with van der Waals surface area (Å²) in [5.41, 5.74) is 0.0628. The number of benzene rings is 1. The summed E-state index contributed by atoms with van der Waals surface area (Å²) in [6.45, 7) is 6.02. The molecule has 0 unspecified atom stereocenters. The molecule has 0 fully saturated rings. The van der Waals surface area contributed by atoms with Gasteiger partial charge in [0.05, 0.1) is 11.3 Å². The van der Waals surface area contributed by atoms with Crippen LogP contribution in [0.1, 0.15) is 42.8 Å². The monoisotopic (exact) mass is 370 g/mol. The highest BCUT2D eigenvalue weighted by Gasteiger charge is 2.21. The van der Waals surface area contributed by atoms with Crippen LogP contribution in [0.2, 0.25) is 0 Å². The van der Waals surface area contributed by atoms with Gasteiger partial charge in [-0.05, 0) is 34.1 Å². The Bertz CT molecular complexity index is 664. The molecular weight excluding hydrogens is 356 g/mol. The normalized spacial score (nSPS) is 11.6. The Morgan fingerprint density at radius 2 is 2.14 bits per heavy atom. The summed E-state index contributed by atoms with van der Waals surface area (Å²) in [5, 5.41) is 13.0. The van der Waals surface area contributed by atoms with E-state index in [1.165, 1.54) is 11.8 Å². The van der Waals surface area contributed by atoms with E-state index >= 15 is 0 Å². The molecule has 0 amide bonds. The van der Waals surface area contributed by atoms with E-state index in [0.717, 1.165) is 4.90 Å². The Morgan fingerprint density at radius 1 is 1.43 bits per heavy atom. The highest BCUT2D eigenvalue weighted by molar-refractivity contribution is 9.10. The van der Waals surface area contributed by atoms with Crippen molar-refractivity contribution in [2.75, 3.05) is 0 Å². The Balaban J connectivity index is 2.08. The molecule has 0 aliphatic rings. The van der Waals surface area contributed by atoms with Gasteiger partial charge >= 0.3 is 5.97 Å². The van der Waals surface area contributed by atoms with E-state index in [4.69, 9.17) is 9.63 Å². The fourth-order valence-electron chi connectivity index (χ4n) is 1.52. The second-order valence-electron chi connectivity index (χ2n) is 5.50. The average molecular weight is 371 g/mol. The lowest BCUT2D eigenvalue weighted by Crippen LogP contribution is -2.11. The number of aromatic carboxylic acids is 1. The summed E-state index contributed by atoms with van der Waals surface area (Å²) in [6.07, 6.45) is 0. The van der Waals surface area contributed by atoms with Crippen molar-refractivity contribution in [3.05, 3.63) is 40.0 Å². The molecule has 0 radical (unpaired) electrons. The molecule has 7 heteroatoms. The minimum atomic E-state index is -0.959. The Hall–Kier alpha value is -1.34. The molecule has 21 heavy (non-hydrogen) atoms. The fraction of sp³-hybridized carbons (Fsp3) is 0.357. The zero-order valence-corrected chi connectivity index (χ0v) is 14.3. The summed E-state index contributed by atoms with van der Waals surface area (Å²) in [7, 11) is 0. The largest absolute Gasteiger partial charge is 0.478 e. The van der Waals surface area contributed by atoms with Crippen molar-refractivity contribution >= 4 is 33.7 Å². The topological polar surface area (TPSA) is 76.2 Å². The summed E-state index contributed by atoms with van der Waals surface area (Å²) in [5.74, 6) is 0.768. The minimum absolute atomic E-state index is 0.177. The number of carboxylic acids is 1. The first-order chi connectivity index (χ1) is 9.77. The second kappa shape index (κ2) is 6.19. The molecule has 0 saturated heterocycles. The summed E-state index contributed by atoms with van der Waals surface area (Å²) in [4.78, 5) is 16.3. The lowest BCUT2D eigenvalue weighted by molar-refractivity contribution is 0.0695. The van der Waals surface area contributed by atoms with Gasteiger partial charge in [0.2, 0.25) is 5.89 Å². The van der Waals surface area contributed by atoms with Gasteiger partial charge in [0.1, 0.15) is 0 Å². The van der Waals surface area contributed by atoms with Gasteiger partial charge in [-0.25, -0.2) is 4.79 Å². The number of carbonyl (C=O) groups is 1. The van der Waals surface area contributed by atoms with Gasteiger partial charge in [0.25, 0.3) is 0 Å². The molecule has 0 aliphatic heterocycles. The van der Waals surface area contributed by atoms with E-state index in [9.17, 15) is 4.79 Å². The van der Waals surface area contributed by atoms with Crippen molar-refractivity contribution in [1.82, 2.24) is 10.1 Å². The van der Waals surface area contributed by atoms with Crippen LogP contribution in [0.4, 0.5) is 0 Å². The summed E-state index contributed by atoms with van der Waals surface area (Å²) < 4.78 is 5.79. The van der Waals surface area contributed by atoms with Gasteiger partial charge < -0.3 is 9.63 Å². The van der Waals surface area contributed by atoms with Gasteiger partial charge in [-0.15, -0.1) is 11.8 Å². The van der Waals surface area contributed by atoms with Gasteiger partial charge in [-0.1, -0.05) is 25.9 Å². The maximum atomic E-state index is 11.1. The van der Waals surface area contributed by atoms with E-state index in [1.54, 1.807) is 12.1 Å². The Labute approximate surface area is 135 Å². The maximum Gasteiger partial charge on any atom is 0.336 e. The summed E-state index contributed by atoms with van der Waals surface area (Å²) >= 11 is 4.69. The Kier molecular flexibility index (Phi) is 4.73. The standard InChI is InChI=1S/C14H15BrN2O3S/c1-14(2,3)13-16-11(17-20-13)7-21-8-4-5-10(15)9(6-8)12(18)19/h4-6H,7H2,1-3H3,(H,18,19). The number of rotatable bonds is 4. The van der Waals surface area contributed by atoms with Crippen molar-refractivity contribution in [3.63, 3.8) is 0 Å². The quantitative estimate of drug-likeness (QED) is 0.815. The SMILES string of the molecule is CC(C)(C)c1nc(CSc2ccc(Br)c(C(=O)O)c2)no1. The fourth-order valence-corrected chi connectivity index (χ4v) is 2.72. The average Bonchev–Trinajstić information content (AvgIpc) is 2.86. The van der Waals surface area contributed by atoms with Crippen molar-refractivity contribution < 1.29 is 14.4 Å². The van der Waals surface area contributed by atoms with Gasteiger partial charge in [-0.3, -0.25) is 0 Å². The van der Waals surface area contributed by atoms with Crippen LogP contribution in [-0.4, -0.2) is 21.2 Å². The zero-order valence-electron chi connectivity index (χ0n) is 11.9. The predicted molar refractivity (Wildman–Crippen MR) is 83.7 cm³/mol. The highest BCUT2D eigenvalue weighted by atomic mass is 79.9. The van der Waals surface area contributed by atoms with Crippen molar-refractivity contribution in [2.45, 2.75) is 36.8 Å². The van der Waals surface area contributed by atoms with Crippen molar-refractivity contribution in [3.8, 4) is 0 Å². The molecule has 0 atom stereocenters. The van der Waals surface area contributed by atoms with Crippen LogP contribution >= 0.6 is 27.7 Å². The van der Waals surface area contributed by atoms with E-state index in [2.05, 4.69) is 26.1 Å². The molecule has 2 aromatic rings. The molecule has 0 spiro atoms. The van der Waals surface area contributed by atoms with E-state index in [0.29, 0.717) is 21.9 Å². The third-order valence-electron chi connectivity index (χ3n) is 2.65. The van der Waals surface area contributed by atoms with Crippen LogP contribution in [-0.2, 0) is 11.2 Å². The van der Waals surface area contributed by atoms with Gasteiger partial charge in [0.15, 0.2) is 5.82 Å². The molecule has 112 valence electrons. The van der Waals surface area contributed by atoms with Crippen LogP contribution in [0.3, 0.4) is 0 Å². The molecule has 5 nitrogen and oxygen atoms in total. The van der Waals surface area contributed by atoms with E-state index in [-0.39, 0.29) is 11.0 Å². The Morgan fingerprint density at radius 3 is 2.71 bits per heavy atom. The third kappa shape index (κ3) is 4.07. The molecule has 0 aliphatic carbocycles. The van der Waals surface area contributed by atoms with Crippen LogP contribution in [0, 0.1) is 0 Å². The second-order valence-corrected chi connectivity index (χ2v) is 7.40. The minimum Gasteiger partial charge on any atom is -0.478 e. The van der Waals surface area contributed by atoms with Crippen molar-refractivity contribution in [2.24, 2.45) is 0 Å². The molecule has 2 rings (SSSR count). The van der Waals surface area contributed by atoms with Crippen LogP contribution < -0.4 is 0 Å². The molecule has 1 heterocycles. The van der Waals surface area contributed by atoms with Crippen LogP contribution in [0.5, 0.6) is 0 Å². The summed E-state index contributed by atoms with van der Waals surface area (Å²) in [6, 6.07) is 5.20. The molecular formula is C14H15BrN2O3S. The molecule has 1 aromatic carbocycles. The number of hydrogen-bond acceptors (Lipinski definition) is 5. The first kappa shape index (κ1) is 16.0. The third-order valence-corrected chi connectivity index (χ3v) is 4.33. The first-order valence-electron chi connectivity index (χ1n) is 6.26. The number of halogens is 1. The number of nitrogens with zero attached hydrogens (tertiary/aromatic N) is 2. The number of carboxylic acid groups (broad SMARTS) is 1. The van der Waals surface area contributed by atoms with Crippen molar-refractivity contribution in [1.29, 1.82) is 0 Å². The van der Waals surface area contributed by atoms with Crippen LogP contribution in [0.15, 0.2) is 32.1 Å². The zero-order chi connectivity index (χ0) is 15.6. The molecule has 1 aromatic heterocycles. The smallest absolute Gasteiger partial charge is 0.336 e. The first-order valence-corrected chi connectivity index (χ1v) is 8.04. The number of hydrogen-bond donors (Lipinski definition) is 1. The maximum absolute atomic E-state index is 11.1. The molecule has 0 saturated carbocycles. The predicted octanol–water partition coefficient (Wildman–Crippen LogP) is 4.12. The highest BCUT2D eigenvalue weighted by Crippen LogP contribution is 2.27. The lowest BCUT2D eigenvalue weighted by Gasteiger charge is -2.10. The number of aromatic nitrogens is 2. The molecule has 0 bridgehead atoms. The van der Waals surface area contributed by atoms with E-state index in [1.807, 2.05) is 26.8 Å². The van der Waals surface area contributed by atoms with Crippen LogP contribution in [0.25, 0.3) is 0 Å². The van der Waals surface area contributed by atoms with Gasteiger partial charge in [0, 0.05) is 14.8 Å².